The van der Waals surface area contributed by atoms with Gasteiger partial charge in [-0.2, -0.15) is 4.98 Å². The standard InChI is InChI=1S/C13H14FN3O/c1-8-3-4-9(7-10(8)14)11-16-12(17-18-11)13(15)5-2-6-13/h3-4,7H,2,5-6,15H2,1H3. The van der Waals surface area contributed by atoms with Gasteiger partial charge in [0.1, 0.15) is 5.82 Å². The van der Waals surface area contributed by atoms with Crippen molar-refractivity contribution in [2.45, 2.75) is 31.7 Å². The first-order chi connectivity index (χ1) is 8.58. The predicted octanol–water partition coefficient (Wildman–Crippen LogP) is 2.52. The molecule has 0 aliphatic heterocycles. The average Bonchev–Trinajstić information content (AvgIpc) is 2.79. The van der Waals surface area contributed by atoms with Crippen LogP contribution < -0.4 is 5.73 Å². The van der Waals surface area contributed by atoms with E-state index in [1.807, 2.05) is 0 Å². The number of hydrogen-bond acceptors (Lipinski definition) is 4. The van der Waals surface area contributed by atoms with E-state index in [9.17, 15) is 4.39 Å². The first kappa shape index (κ1) is 11.3. The van der Waals surface area contributed by atoms with E-state index in [1.165, 1.54) is 6.07 Å². The number of nitrogens with two attached hydrogens (primary N) is 1. The van der Waals surface area contributed by atoms with E-state index in [0.717, 1.165) is 19.3 Å². The molecule has 0 bridgehead atoms. The first-order valence-electron chi connectivity index (χ1n) is 5.98. The first-order valence-corrected chi connectivity index (χ1v) is 5.98. The molecule has 1 aliphatic carbocycles. The van der Waals surface area contributed by atoms with Gasteiger partial charge in [0, 0.05) is 5.56 Å². The van der Waals surface area contributed by atoms with E-state index in [0.29, 0.717) is 22.8 Å². The average molecular weight is 247 g/mol. The second-order valence-corrected chi connectivity index (χ2v) is 4.90. The van der Waals surface area contributed by atoms with Gasteiger partial charge in [-0.05, 0) is 43.9 Å². The van der Waals surface area contributed by atoms with Gasteiger partial charge >= 0.3 is 0 Å². The number of rotatable bonds is 2. The molecular weight excluding hydrogens is 233 g/mol. The highest BCUT2D eigenvalue weighted by Crippen LogP contribution is 2.37. The Morgan fingerprint density at radius 2 is 2.17 bits per heavy atom. The lowest BCUT2D eigenvalue weighted by Gasteiger charge is -2.34. The minimum atomic E-state index is -0.453. The van der Waals surface area contributed by atoms with Gasteiger partial charge in [0.05, 0.1) is 5.54 Å². The third-order valence-electron chi connectivity index (χ3n) is 3.54. The molecule has 18 heavy (non-hydrogen) atoms. The van der Waals surface area contributed by atoms with Crippen molar-refractivity contribution in [2.24, 2.45) is 5.73 Å². The lowest BCUT2D eigenvalue weighted by molar-refractivity contribution is 0.229. The van der Waals surface area contributed by atoms with Crippen LogP contribution in [0.2, 0.25) is 0 Å². The molecule has 0 spiro atoms. The molecule has 2 aromatic rings. The molecule has 1 aromatic heterocycles. The molecule has 1 heterocycles. The maximum absolute atomic E-state index is 13.5. The van der Waals surface area contributed by atoms with Crippen molar-refractivity contribution in [2.75, 3.05) is 0 Å². The molecule has 0 amide bonds. The predicted molar refractivity (Wildman–Crippen MR) is 64.1 cm³/mol. The summed E-state index contributed by atoms with van der Waals surface area (Å²) >= 11 is 0. The molecule has 2 N–H and O–H groups in total. The van der Waals surface area contributed by atoms with Crippen LogP contribution in [0.1, 0.15) is 30.7 Å². The summed E-state index contributed by atoms with van der Waals surface area (Å²) in [6.45, 7) is 1.71. The zero-order chi connectivity index (χ0) is 12.8. The maximum Gasteiger partial charge on any atom is 0.258 e. The Hall–Kier alpha value is -1.75. The van der Waals surface area contributed by atoms with Crippen LogP contribution in [0, 0.1) is 12.7 Å². The molecule has 0 unspecified atom stereocenters. The van der Waals surface area contributed by atoms with Crippen LogP contribution in [0.3, 0.4) is 0 Å². The summed E-state index contributed by atoms with van der Waals surface area (Å²) in [5.41, 5.74) is 6.83. The van der Waals surface area contributed by atoms with Gasteiger partial charge in [-0.3, -0.25) is 0 Å². The lowest BCUT2D eigenvalue weighted by atomic mass is 9.77. The molecule has 1 fully saturated rings. The summed E-state index contributed by atoms with van der Waals surface area (Å²) in [7, 11) is 0. The summed E-state index contributed by atoms with van der Waals surface area (Å²) in [6.07, 6.45) is 2.82. The van der Waals surface area contributed by atoms with E-state index in [-0.39, 0.29) is 5.82 Å². The van der Waals surface area contributed by atoms with Crippen molar-refractivity contribution in [3.8, 4) is 11.5 Å². The number of nitrogens with zero attached hydrogens (tertiary/aromatic N) is 2. The van der Waals surface area contributed by atoms with Crippen LogP contribution in [0.5, 0.6) is 0 Å². The van der Waals surface area contributed by atoms with Gasteiger partial charge in [-0.25, -0.2) is 4.39 Å². The highest BCUT2D eigenvalue weighted by Gasteiger charge is 2.39. The zero-order valence-electron chi connectivity index (χ0n) is 10.1. The Kier molecular flexibility index (Phi) is 2.45. The molecule has 4 nitrogen and oxygen atoms in total. The van der Waals surface area contributed by atoms with Crippen LogP contribution in [0.15, 0.2) is 22.7 Å². The SMILES string of the molecule is Cc1ccc(-c2nc(C3(N)CCC3)no2)cc1F. The number of aromatic nitrogens is 2. The van der Waals surface area contributed by atoms with Crippen molar-refractivity contribution in [3.63, 3.8) is 0 Å². The fourth-order valence-corrected chi connectivity index (χ4v) is 2.05. The Morgan fingerprint density at radius 3 is 2.78 bits per heavy atom. The highest BCUT2D eigenvalue weighted by molar-refractivity contribution is 5.53. The monoisotopic (exact) mass is 247 g/mol. The molecule has 1 saturated carbocycles. The summed E-state index contributed by atoms with van der Waals surface area (Å²) in [4.78, 5) is 4.28. The quantitative estimate of drug-likeness (QED) is 0.885. The fourth-order valence-electron chi connectivity index (χ4n) is 2.05. The smallest absolute Gasteiger partial charge is 0.258 e. The van der Waals surface area contributed by atoms with Gasteiger partial charge in [-0.15, -0.1) is 0 Å². The van der Waals surface area contributed by atoms with Gasteiger partial charge < -0.3 is 10.3 Å². The topological polar surface area (TPSA) is 64.9 Å². The number of halogens is 1. The minimum Gasteiger partial charge on any atom is -0.334 e. The van der Waals surface area contributed by atoms with E-state index < -0.39 is 5.54 Å². The normalized spacial score (nSPS) is 17.5. The molecule has 3 rings (SSSR count). The summed E-state index contributed by atoms with van der Waals surface area (Å²) < 4.78 is 18.6. The van der Waals surface area contributed by atoms with Crippen molar-refractivity contribution in [3.05, 3.63) is 35.4 Å². The molecule has 1 aliphatic rings. The summed E-state index contributed by atoms with van der Waals surface area (Å²) in [6, 6.07) is 4.85. The van der Waals surface area contributed by atoms with Crippen LogP contribution in [0.25, 0.3) is 11.5 Å². The second kappa shape index (κ2) is 3.88. The Labute approximate surface area is 104 Å². The van der Waals surface area contributed by atoms with Crippen LogP contribution >= 0.6 is 0 Å². The number of hydrogen-bond donors (Lipinski definition) is 1. The van der Waals surface area contributed by atoms with Crippen molar-refractivity contribution >= 4 is 0 Å². The summed E-state index contributed by atoms with van der Waals surface area (Å²) in [5, 5.41) is 3.90. The van der Waals surface area contributed by atoms with E-state index >= 15 is 0 Å². The fraction of sp³-hybridized carbons (Fsp3) is 0.385. The van der Waals surface area contributed by atoms with Crippen LogP contribution in [0.4, 0.5) is 4.39 Å². The van der Waals surface area contributed by atoms with Gasteiger partial charge in [0.25, 0.3) is 5.89 Å². The van der Waals surface area contributed by atoms with E-state index in [2.05, 4.69) is 10.1 Å². The van der Waals surface area contributed by atoms with Gasteiger partial charge in [0.2, 0.25) is 0 Å². The highest BCUT2D eigenvalue weighted by atomic mass is 19.1. The molecule has 0 atom stereocenters. The Balaban J connectivity index is 1.95. The molecule has 5 heteroatoms. The van der Waals surface area contributed by atoms with Crippen molar-refractivity contribution in [1.82, 2.24) is 10.1 Å². The van der Waals surface area contributed by atoms with Crippen molar-refractivity contribution < 1.29 is 8.91 Å². The lowest BCUT2D eigenvalue weighted by Crippen LogP contribution is -2.44. The second-order valence-electron chi connectivity index (χ2n) is 4.90. The molecule has 1 aromatic carbocycles. The third kappa shape index (κ3) is 1.71. The third-order valence-corrected chi connectivity index (χ3v) is 3.54. The molecule has 94 valence electrons. The summed E-state index contributed by atoms with van der Waals surface area (Å²) in [5.74, 6) is 0.559. The Bertz CT molecular complexity index is 590. The van der Waals surface area contributed by atoms with Crippen LogP contribution in [-0.4, -0.2) is 10.1 Å². The minimum absolute atomic E-state index is 0.279. The molecule has 0 saturated heterocycles. The van der Waals surface area contributed by atoms with E-state index in [1.54, 1.807) is 19.1 Å². The molecule has 0 radical (unpaired) electrons. The largest absolute Gasteiger partial charge is 0.334 e. The van der Waals surface area contributed by atoms with Crippen molar-refractivity contribution in [1.29, 1.82) is 0 Å². The number of aryl methyl sites for hydroxylation is 1. The Morgan fingerprint density at radius 1 is 1.39 bits per heavy atom. The molecular formula is C13H14FN3O. The zero-order valence-corrected chi connectivity index (χ0v) is 10.1. The van der Waals surface area contributed by atoms with Crippen LogP contribution in [-0.2, 0) is 5.54 Å². The number of benzene rings is 1. The van der Waals surface area contributed by atoms with Gasteiger partial charge in [0.15, 0.2) is 5.82 Å². The maximum atomic E-state index is 13.5. The van der Waals surface area contributed by atoms with Gasteiger partial charge in [-0.1, -0.05) is 11.2 Å². The van der Waals surface area contributed by atoms with E-state index in [4.69, 9.17) is 10.3 Å².